The Kier molecular flexibility index (Phi) is 9.61. The smallest absolute Gasteiger partial charge is 0.274 e. The summed E-state index contributed by atoms with van der Waals surface area (Å²) in [4.78, 5) is 55.9. The van der Waals surface area contributed by atoms with Crippen LogP contribution >= 0.6 is 0 Å². The van der Waals surface area contributed by atoms with E-state index in [2.05, 4.69) is 26.0 Å². The lowest BCUT2D eigenvalue weighted by molar-refractivity contribution is -0.133. The third kappa shape index (κ3) is 8.51. The Morgan fingerprint density at radius 1 is 1.00 bits per heavy atom. The number of carbonyl (C=O) groups excluding carboxylic acids is 4. The molecule has 0 unspecified atom stereocenters. The van der Waals surface area contributed by atoms with Gasteiger partial charge < -0.3 is 25.2 Å². The fourth-order valence-electron chi connectivity index (χ4n) is 5.33. The molecule has 1 aromatic heterocycles. The van der Waals surface area contributed by atoms with Crippen molar-refractivity contribution in [1.29, 1.82) is 0 Å². The molecule has 232 valence electrons. The molecule has 4 atom stereocenters. The number of carbonyl (C=O) groups is 4. The van der Waals surface area contributed by atoms with Crippen LogP contribution in [-0.4, -0.2) is 77.0 Å². The molecule has 3 aliphatic rings. The number of amides is 3. The Labute approximate surface area is 252 Å². The van der Waals surface area contributed by atoms with Crippen LogP contribution in [0.25, 0.3) is 0 Å². The van der Waals surface area contributed by atoms with Crippen molar-refractivity contribution in [2.45, 2.75) is 89.6 Å². The standard InChI is InChI=1S/C32H43N5O6/c1-20(2)14-24(28(38)32(3)19-42-32)33-29(39)25(15-21-8-5-4-6-9-21)34-30(40)26(16-22-10-11-22)35-31(41)27-17-23(43-36-27)18-37-12-7-13-37/h4-6,8-9,17,20,22,24-26H,7,10-16,18-19H2,1-3H3,(H,33,39)(H,34,40)(H,35,41)/t24-,25-,26-,32+/m0/s1. The van der Waals surface area contributed by atoms with Gasteiger partial charge in [0.1, 0.15) is 17.7 Å². The number of Topliss-reactive ketones (excluding diaryl/α,β-unsaturated/α-hetero) is 1. The number of nitrogens with zero attached hydrogens (tertiary/aromatic N) is 2. The third-order valence-electron chi connectivity index (χ3n) is 8.36. The fraction of sp³-hybridized carbons (Fsp3) is 0.594. The maximum absolute atomic E-state index is 13.7. The Morgan fingerprint density at radius 2 is 1.67 bits per heavy atom. The minimum atomic E-state index is -0.959. The molecule has 1 aromatic carbocycles. The number of aromatic nitrogens is 1. The molecule has 11 nitrogen and oxygen atoms in total. The first-order valence-electron chi connectivity index (χ1n) is 15.4. The van der Waals surface area contributed by atoms with Gasteiger partial charge in [0.25, 0.3) is 5.91 Å². The number of rotatable bonds is 16. The monoisotopic (exact) mass is 593 g/mol. The van der Waals surface area contributed by atoms with Crippen molar-refractivity contribution in [1.82, 2.24) is 26.0 Å². The molecule has 2 aromatic rings. The van der Waals surface area contributed by atoms with Gasteiger partial charge in [-0.3, -0.25) is 24.1 Å². The van der Waals surface area contributed by atoms with Gasteiger partial charge in [-0.25, -0.2) is 0 Å². The second kappa shape index (κ2) is 13.4. The van der Waals surface area contributed by atoms with E-state index in [-0.39, 0.29) is 23.8 Å². The van der Waals surface area contributed by atoms with Crippen molar-refractivity contribution in [2.75, 3.05) is 19.7 Å². The number of likely N-dealkylation sites (tertiary alicyclic amines) is 1. The molecule has 0 spiro atoms. The van der Waals surface area contributed by atoms with Gasteiger partial charge in [0.2, 0.25) is 11.8 Å². The van der Waals surface area contributed by atoms with Crippen molar-refractivity contribution in [3.05, 3.63) is 53.4 Å². The predicted molar refractivity (Wildman–Crippen MR) is 158 cm³/mol. The van der Waals surface area contributed by atoms with Crippen molar-refractivity contribution >= 4 is 23.5 Å². The highest BCUT2D eigenvalue weighted by atomic mass is 16.6. The summed E-state index contributed by atoms with van der Waals surface area (Å²) in [5, 5.41) is 12.6. The van der Waals surface area contributed by atoms with Crippen LogP contribution in [0.2, 0.25) is 0 Å². The van der Waals surface area contributed by atoms with E-state index in [1.807, 2.05) is 44.2 Å². The highest BCUT2D eigenvalue weighted by molar-refractivity contribution is 5.99. The van der Waals surface area contributed by atoms with Crippen LogP contribution in [0.4, 0.5) is 0 Å². The zero-order chi connectivity index (χ0) is 30.6. The Morgan fingerprint density at radius 3 is 2.28 bits per heavy atom. The summed E-state index contributed by atoms with van der Waals surface area (Å²) in [5.74, 6) is -0.496. The van der Waals surface area contributed by atoms with E-state index in [9.17, 15) is 19.2 Å². The molecule has 43 heavy (non-hydrogen) atoms. The summed E-state index contributed by atoms with van der Waals surface area (Å²) >= 11 is 0. The van der Waals surface area contributed by atoms with Gasteiger partial charge in [-0.2, -0.15) is 0 Å². The normalized spacial score (nSPS) is 21.8. The van der Waals surface area contributed by atoms with E-state index in [4.69, 9.17) is 9.26 Å². The summed E-state index contributed by atoms with van der Waals surface area (Å²) in [6.07, 6.45) is 4.25. The van der Waals surface area contributed by atoms with Gasteiger partial charge in [-0.05, 0) is 56.7 Å². The van der Waals surface area contributed by atoms with Crippen LogP contribution in [0.5, 0.6) is 0 Å². The number of benzene rings is 1. The number of nitrogens with one attached hydrogen (secondary N) is 3. The van der Waals surface area contributed by atoms with E-state index in [1.165, 1.54) is 0 Å². The van der Waals surface area contributed by atoms with Crippen molar-refractivity contribution in [2.24, 2.45) is 11.8 Å². The average molecular weight is 594 g/mol. The van der Waals surface area contributed by atoms with E-state index < -0.39 is 41.4 Å². The first-order valence-corrected chi connectivity index (χ1v) is 15.4. The Bertz CT molecular complexity index is 1300. The first kappa shape index (κ1) is 30.9. The molecule has 3 amide bonds. The van der Waals surface area contributed by atoms with Gasteiger partial charge >= 0.3 is 0 Å². The molecule has 3 fully saturated rings. The van der Waals surface area contributed by atoms with E-state index in [1.54, 1.807) is 13.0 Å². The molecule has 0 radical (unpaired) electrons. The third-order valence-corrected chi connectivity index (χ3v) is 8.36. The minimum Gasteiger partial charge on any atom is -0.361 e. The topological polar surface area (TPSA) is 146 Å². The molecule has 1 aliphatic carbocycles. The minimum absolute atomic E-state index is 0.119. The fourth-order valence-corrected chi connectivity index (χ4v) is 5.33. The highest BCUT2D eigenvalue weighted by Crippen LogP contribution is 2.34. The summed E-state index contributed by atoms with van der Waals surface area (Å²) in [7, 11) is 0. The SMILES string of the molecule is CC(C)C[C@H](NC(=O)[C@H](Cc1ccccc1)NC(=O)[C@H](CC1CC1)NC(=O)c1cc(CN2CCC2)on1)C(=O)[C@@]1(C)CO1. The van der Waals surface area contributed by atoms with Crippen LogP contribution in [0, 0.1) is 11.8 Å². The predicted octanol–water partition coefficient (Wildman–Crippen LogP) is 2.40. The van der Waals surface area contributed by atoms with Gasteiger partial charge in [0.05, 0.1) is 19.2 Å². The van der Waals surface area contributed by atoms with Gasteiger partial charge in [0.15, 0.2) is 17.2 Å². The molecule has 3 N–H and O–H groups in total. The molecule has 1 saturated carbocycles. The second-order valence-electron chi connectivity index (χ2n) is 12.8. The molecule has 11 heteroatoms. The molecular weight excluding hydrogens is 550 g/mol. The molecule has 5 rings (SSSR count). The van der Waals surface area contributed by atoms with Crippen LogP contribution in [0.3, 0.4) is 0 Å². The largest absolute Gasteiger partial charge is 0.361 e. The van der Waals surface area contributed by atoms with Gasteiger partial charge in [0, 0.05) is 12.5 Å². The maximum atomic E-state index is 13.7. The molecule has 2 aliphatic heterocycles. The lowest BCUT2D eigenvalue weighted by atomic mass is 9.93. The van der Waals surface area contributed by atoms with Crippen molar-refractivity contribution in [3.8, 4) is 0 Å². The number of hydrogen-bond donors (Lipinski definition) is 3. The van der Waals surface area contributed by atoms with Crippen LogP contribution in [0.1, 0.15) is 74.7 Å². The van der Waals surface area contributed by atoms with E-state index in [0.717, 1.165) is 37.9 Å². The average Bonchev–Trinajstić information content (AvgIpc) is 3.87. The zero-order valence-electron chi connectivity index (χ0n) is 25.3. The quantitative estimate of drug-likeness (QED) is 0.252. The highest BCUT2D eigenvalue weighted by Gasteiger charge is 2.50. The summed E-state index contributed by atoms with van der Waals surface area (Å²) < 4.78 is 10.7. The van der Waals surface area contributed by atoms with Gasteiger partial charge in [-0.1, -0.05) is 62.2 Å². The number of hydrogen-bond acceptors (Lipinski definition) is 8. The lowest BCUT2D eigenvalue weighted by Crippen LogP contribution is -2.57. The number of epoxide rings is 1. The van der Waals surface area contributed by atoms with Gasteiger partial charge in [-0.15, -0.1) is 0 Å². The molecule has 0 bridgehead atoms. The molecule has 3 heterocycles. The maximum Gasteiger partial charge on any atom is 0.274 e. The summed E-state index contributed by atoms with van der Waals surface area (Å²) in [5.41, 5.74) is 0.0850. The zero-order valence-corrected chi connectivity index (χ0v) is 25.3. The Balaban J connectivity index is 1.28. The first-order chi connectivity index (χ1) is 20.6. The molecule has 2 saturated heterocycles. The summed E-state index contributed by atoms with van der Waals surface area (Å²) in [6, 6.07) is 8.44. The van der Waals surface area contributed by atoms with E-state index >= 15 is 0 Å². The summed E-state index contributed by atoms with van der Waals surface area (Å²) in [6.45, 7) is 8.60. The van der Waals surface area contributed by atoms with Crippen LogP contribution in [-0.2, 0) is 32.1 Å². The lowest BCUT2D eigenvalue weighted by Gasteiger charge is -2.29. The van der Waals surface area contributed by atoms with E-state index in [0.29, 0.717) is 37.7 Å². The number of ether oxygens (including phenoxy) is 1. The second-order valence-corrected chi connectivity index (χ2v) is 12.8. The van der Waals surface area contributed by atoms with Crippen LogP contribution in [0.15, 0.2) is 40.9 Å². The molecular formula is C32H43N5O6. The van der Waals surface area contributed by atoms with Crippen molar-refractivity contribution < 1.29 is 28.4 Å². The van der Waals surface area contributed by atoms with Crippen LogP contribution < -0.4 is 16.0 Å². The number of ketones is 1. The van der Waals surface area contributed by atoms with Crippen molar-refractivity contribution in [3.63, 3.8) is 0 Å². The Hall–Kier alpha value is -3.57.